The molecule has 5 heteroatoms. The standard InChI is InChI=1S/C11H15FN2O2/c1-11(2,3)16-10(15)14(4)9-7-8(12)5-6-13-9/h5-7H,1-4H3. The van der Waals surface area contributed by atoms with Gasteiger partial charge in [-0.3, -0.25) is 4.90 Å². The number of nitrogens with zero attached hydrogens (tertiary/aromatic N) is 2. The molecule has 0 aliphatic heterocycles. The van der Waals surface area contributed by atoms with Crippen molar-refractivity contribution in [2.75, 3.05) is 11.9 Å². The van der Waals surface area contributed by atoms with Crippen molar-refractivity contribution in [2.24, 2.45) is 0 Å². The molecule has 0 aliphatic rings. The van der Waals surface area contributed by atoms with Gasteiger partial charge in [-0.05, 0) is 26.8 Å². The monoisotopic (exact) mass is 226 g/mol. The van der Waals surface area contributed by atoms with Crippen LogP contribution in [0.2, 0.25) is 0 Å². The molecule has 4 nitrogen and oxygen atoms in total. The second kappa shape index (κ2) is 4.47. The fraction of sp³-hybridized carbons (Fsp3) is 0.455. The number of carbonyl (C=O) groups excluding carboxylic acids is 1. The third kappa shape index (κ3) is 3.49. The minimum Gasteiger partial charge on any atom is -0.443 e. The van der Waals surface area contributed by atoms with E-state index in [0.29, 0.717) is 0 Å². The van der Waals surface area contributed by atoms with E-state index in [1.807, 2.05) is 0 Å². The predicted molar refractivity (Wildman–Crippen MR) is 58.8 cm³/mol. The maximum Gasteiger partial charge on any atom is 0.415 e. The summed E-state index contributed by atoms with van der Waals surface area (Å²) in [4.78, 5) is 16.6. The van der Waals surface area contributed by atoms with Gasteiger partial charge < -0.3 is 4.74 Å². The lowest BCUT2D eigenvalue weighted by Crippen LogP contribution is -2.34. The Morgan fingerprint density at radius 1 is 1.50 bits per heavy atom. The number of pyridine rings is 1. The van der Waals surface area contributed by atoms with Crippen molar-refractivity contribution >= 4 is 11.9 Å². The molecule has 0 saturated heterocycles. The van der Waals surface area contributed by atoms with E-state index in [-0.39, 0.29) is 5.82 Å². The summed E-state index contributed by atoms with van der Waals surface area (Å²) in [6.45, 7) is 5.28. The van der Waals surface area contributed by atoms with Crippen LogP contribution in [-0.2, 0) is 4.74 Å². The maximum absolute atomic E-state index is 12.9. The van der Waals surface area contributed by atoms with Crippen LogP contribution in [0, 0.1) is 5.82 Å². The quantitative estimate of drug-likeness (QED) is 0.739. The molecular weight excluding hydrogens is 211 g/mol. The Labute approximate surface area is 94.0 Å². The molecule has 0 radical (unpaired) electrons. The maximum atomic E-state index is 12.9. The number of rotatable bonds is 1. The molecule has 1 aromatic heterocycles. The van der Waals surface area contributed by atoms with Crippen molar-refractivity contribution in [1.82, 2.24) is 4.98 Å². The summed E-state index contributed by atoms with van der Waals surface area (Å²) < 4.78 is 18.0. The topological polar surface area (TPSA) is 42.4 Å². The van der Waals surface area contributed by atoms with Gasteiger partial charge in [-0.25, -0.2) is 14.2 Å². The van der Waals surface area contributed by atoms with Crippen LogP contribution in [0.15, 0.2) is 18.3 Å². The summed E-state index contributed by atoms with van der Waals surface area (Å²) in [6.07, 6.45) is 0.733. The SMILES string of the molecule is CN(C(=O)OC(C)(C)C)c1cc(F)ccn1. The van der Waals surface area contributed by atoms with E-state index >= 15 is 0 Å². The average molecular weight is 226 g/mol. The van der Waals surface area contributed by atoms with E-state index in [0.717, 1.165) is 4.90 Å². The van der Waals surface area contributed by atoms with Gasteiger partial charge in [0, 0.05) is 19.3 Å². The molecule has 1 aromatic rings. The Morgan fingerprint density at radius 3 is 2.62 bits per heavy atom. The van der Waals surface area contributed by atoms with Gasteiger partial charge >= 0.3 is 6.09 Å². The van der Waals surface area contributed by atoms with Crippen molar-refractivity contribution < 1.29 is 13.9 Å². The first-order valence-electron chi connectivity index (χ1n) is 4.88. The van der Waals surface area contributed by atoms with Gasteiger partial charge in [-0.2, -0.15) is 0 Å². The van der Waals surface area contributed by atoms with Crippen LogP contribution in [0.4, 0.5) is 15.0 Å². The number of anilines is 1. The molecule has 16 heavy (non-hydrogen) atoms. The van der Waals surface area contributed by atoms with Gasteiger partial charge in [0.1, 0.15) is 17.2 Å². The van der Waals surface area contributed by atoms with Crippen molar-refractivity contribution in [1.29, 1.82) is 0 Å². The summed E-state index contributed by atoms with van der Waals surface area (Å²) in [5.74, 6) is -0.227. The highest BCUT2D eigenvalue weighted by Gasteiger charge is 2.21. The Bertz CT molecular complexity index is 388. The first-order chi connectivity index (χ1) is 7.29. The molecule has 0 aromatic carbocycles. The third-order valence-corrected chi connectivity index (χ3v) is 1.72. The lowest BCUT2D eigenvalue weighted by molar-refractivity contribution is 0.0588. The van der Waals surface area contributed by atoms with Crippen LogP contribution in [-0.4, -0.2) is 23.7 Å². The van der Waals surface area contributed by atoms with Crippen LogP contribution in [0.3, 0.4) is 0 Å². The fourth-order valence-electron chi connectivity index (χ4n) is 1.00. The molecule has 0 fully saturated rings. The Balaban J connectivity index is 2.78. The molecule has 1 amide bonds. The van der Waals surface area contributed by atoms with Crippen molar-refractivity contribution in [3.05, 3.63) is 24.1 Å². The number of ether oxygens (including phenoxy) is 1. The number of carbonyl (C=O) groups is 1. The van der Waals surface area contributed by atoms with E-state index in [1.54, 1.807) is 20.8 Å². The normalized spacial score (nSPS) is 11.1. The Hall–Kier alpha value is -1.65. The van der Waals surface area contributed by atoms with E-state index < -0.39 is 17.5 Å². The summed E-state index contributed by atoms with van der Waals surface area (Å²) >= 11 is 0. The minimum absolute atomic E-state index is 0.217. The lowest BCUT2D eigenvalue weighted by Gasteiger charge is -2.24. The zero-order chi connectivity index (χ0) is 12.3. The van der Waals surface area contributed by atoms with Gasteiger partial charge in [-0.15, -0.1) is 0 Å². The average Bonchev–Trinajstić information content (AvgIpc) is 2.14. The van der Waals surface area contributed by atoms with Gasteiger partial charge in [-0.1, -0.05) is 0 Å². The Morgan fingerprint density at radius 2 is 2.12 bits per heavy atom. The van der Waals surface area contributed by atoms with E-state index in [1.165, 1.54) is 25.4 Å². The molecule has 0 aliphatic carbocycles. The van der Waals surface area contributed by atoms with Crippen molar-refractivity contribution in [3.63, 3.8) is 0 Å². The van der Waals surface area contributed by atoms with Crippen LogP contribution in [0.1, 0.15) is 20.8 Å². The number of hydrogen-bond acceptors (Lipinski definition) is 3. The third-order valence-electron chi connectivity index (χ3n) is 1.72. The zero-order valence-electron chi connectivity index (χ0n) is 9.82. The first kappa shape index (κ1) is 12.4. The van der Waals surface area contributed by atoms with Gasteiger partial charge in [0.05, 0.1) is 0 Å². The number of aromatic nitrogens is 1. The summed E-state index contributed by atoms with van der Waals surface area (Å²) in [6, 6.07) is 2.39. The lowest BCUT2D eigenvalue weighted by atomic mass is 10.2. The largest absolute Gasteiger partial charge is 0.443 e. The van der Waals surface area contributed by atoms with Crippen LogP contribution >= 0.6 is 0 Å². The number of hydrogen-bond donors (Lipinski definition) is 0. The zero-order valence-corrected chi connectivity index (χ0v) is 9.82. The molecule has 0 atom stereocenters. The van der Waals surface area contributed by atoms with Crippen molar-refractivity contribution in [2.45, 2.75) is 26.4 Å². The summed E-state index contributed by atoms with van der Waals surface area (Å²) in [5, 5.41) is 0. The smallest absolute Gasteiger partial charge is 0.415 e. The second-order valence-electron chi connectivity index (χ2n) is 4.37. The van der Waals surface area contributed by atoms with Crippen molar-refractivity contribution in [3.8, 4) is 0 Å². The van der Waals surface area contributed by atoms with Crippen LogP contribution in [0.5, 0.6) is 0 Å². The van der Waals surface area contributed by atoms with Crippen LogP contribution in [0.25, 0.3) is 0 Å². The second-order valence-corrected chi connectivity index (χ2v) is 4.37. The molecular formula is C11H15FN2O2. The molecule has 0 N–H and O–H groups in total. The van der Waals surface area contributed by atoms with E-state index in [4.69, 9.17) is 4.74 Å². The van der Waals surface area contributed by atoms with E-state index in [2.05, 4.69) is 4.98 Å². The van der Waals surface area contributed by atoms with Gasteiger partial charge in [0.15, 0.2) is 0 Å². The van der Waals surface area contributed by atoms with Gasteiger partial charge in [0.2, 0.25) is 0 Å². The highest BCUT2D eigenvalue weighted by atomic mass is 19.1. The molecule has 88 valence electrons. The molecule has 1 rings (SSSR count). The number of amides is 1. The highest BCUT2D eigenvalue weighted by molar-refractivity contribution is 5.85. The molecule has 0 spiro atoms. The summed E-state index contributed by atoms with van der Waals surface area (Å²) in [7, 11) is 1.48. The van der Waals surface area contributed by atoms with E-state index in [9.17, 15) is 9.18 Å². The molecule has 1 heterocycles. The first-order valence-corrected chi connectivity index (χ1v) is 4.88. The highest BCUT2D eigenvalue weighted by Crippen LogP contribution is 2.14. The molecule has 0 saturated carbocycles. The molecule has 0 unspecified atom stereocenters. The fourth-order valence-corrected chi connectivity index (χ4v) is 1.00. The molecule has 0 bridgehead atoms. The minimum atomic E-state index is -0.585. The summed E-state index contributed by atoms with van der Waals surface area (Å²) in [5.41, 5.74) is -0.585. The number of halogens is 1. The Kier molecular flexibility index (Phi) is 3.47. The predicted octanol–water partition coefficient (Wildman–Crippen LogP) is 2.59. The van der Waals surface area contributed by atoms with Crippen LogP contribution < -0.4 is 4.90 Å². The van der Waals surface area contributed by atoms with Gasteiger partial charge in [0.25, 0.3) is 0 Å².